The molecule has 0 spiro atoms. The summed E-state index contributed by atoms with van der Waals surface area (Å²) in [6.07, 6.45) is 1.91. The minimum absolute atomic E-state index is 0.167. The van der Waals surface area contributed by atoms with Gasteiger partial charge in [-0.25, -0.2) is 0 Å². The van der Waals surface area contributed by atoms with Crippen LogP contribution in [0.2, 0.25) is 0 Å². The predicted molar refractivity (Wildman–Crippen MR) is 135 cm³/mol. The van der Waals surface area contributed by atoms with Gasteiger partial charge in [-0.15, -0.1) is 0 Å². The van der Waals surface area contributed by atoms with Gasteiger partial charge in [-0.1, -0.05) is 63.1 Å². The van der Waals surface area contributed by atoms with Crippen LogP contribution in [0.3, 0.4) is 0 Å². The van der Waals surface area contributed by atoms with Crippen molar-refractivity contribution >= 4 is 21.6 Å². The van der Waals surface area contributed by atoms with Gasteiger partial charge in [0.25, 0.3) is 0 Å². The van der Waals surface area contributed by atoms with E-state index in [4.69, 9.17) is 23.7 Å². The molecule has 0 amide bonds. The molecule has 0 heterocycles. The molecule has 188 valence electrons. The third-order valence-electron chi connectivity index (χ3n) is 4.06. The minimum atomic E-state index is -0.318. The number of ether oxygens (including phenoxy) is 5. The average molecular weight is 484 g/mol. The van der Waals surface area contributed by atoms with E-state index < -0.39 is 0 Å². The van der Waals surface area contributed by atoms with Crippen LogP contribution in [0.25, 0.3) is 0 Å². The molecule has 1 N–H and O–H groups in total. The summed E-state index contributed by atoms with van der Waals surface area (Å²) in [4.78, 5) is -0.318. The van der Waals surface area contributed by atoms with Crippen molar-refractivity contribution in [3.63, 3.8) is 0 Å². The maximum Gasteiger partial charge on any atom is 0.123 e. The Kier molecular flexibility index (Phi) is 20.2. The van der Waals surface area contributed by atoms with Crippen LogP contribution in [-0.2, 0) is 23.7 Å². The average Bonchev–Trinajstić information content (AvgIpc) is 2.69. The Morgan fingerprint density at radius 3 is 1.84 bits per heavy atom. The molecule has 0 aliphatic rings. The van der Waals surface area contributed by atoms with Gasteiger partial charge in [0.05, 0.1) is 52.9 Å². The quantitative estimate of drug-likeness (QED) is 0.131. The molecule has 31 heavy (non-hydrogen) atoms. The molecular formula is C23H49NO5S2. The third kappa shape index (κ3) is 23.4. The van der Waals surface area contributed by atoms with Crippen molar-refractivity contribution in [3.05, 3.63) is 0 Å². The second-order valence-corrected chi connectivity index (χ2v) is 12.4. The molecule has 0 aromatic heterocycles. The van der Waals surface area contributed by atoms with E-state index in [-0.39, 0.29) is 9.68 Å². The van der Waals surface area contributed by atoms with Crippen LogP contribution in [0.5, 0.6) is 0 Å². The molecule has 0 aliphatic carbocycles. The van der Waals surface area contributed by atoms with E-state index in [1.807, 2.05) is 10.8 Å². The maximum atomic E-state index is 6.21. The minimum Gasteiger partial charge on any atom is -0.379 e. The van der Waals surface area contributed by atoms with Gasteiger partial charge in [0.15, 0.2) is 0 Å². The number of hydrogen-bond donors (Lipinski definition) is 1. The van der Waals surface area contributed by atoms with Crippen molar-refractivity contribution in [1.82, 2.24) is 5.32 Å². The highest BCUT2D eigenvalue weighted by Crippen LogP contribution is 2.45. The summed E-state index contributed by atoms with van der Waals surface area (Å²) < 4.78 is 28.9. The molecule has 0 fully saturated rings. The van der Waals surface area contributed by atoms with Crippen LogP contribution >= 0.6 is 21.6 Å². The SMILES string of the molecule is CCNCCOCCOCCC(C)(OCCOCCOCCC(C)C)SSC(C)(C)C. The van der Waals surface area contributed by atoms with Crippen LogP contribution in [0, 0.1) is 5.92 Å². The van der Waals surface area contributed by atoms with Gasteiger partial charge in [0.1, 0.15) is 4.93 Å². The molecule has 1 atom stereocenters. The highest BCUT2D eigenvalue weighted by molar-refractivity contribution is 8.77. The molecule has 0 saturated heterocycles. The van der Waals surface area contributed by atoms with E-state index in [0.717, 1.165) is 39.1 Å². The molecular weight excluding hydrogens is 434 g/mol. The smallest absolute Gasteiger partial charge is 0.123 e. The van der Waals surface area contributed by atoms with Crippen molar-refractivity contribution in [3.8, 4) is 0 Å². The molecule has 6 nitrogen and oxygen atoms in total. The van der Waals surface area contributed by atoms with Crippen LogP contribution in [-0.4, -0.2) is 82.2 Å². The molecule has 0 aromatic rings. The lowest BCUT2D eigenvalue weighted by Crippen LogP contribution is -2.29. The second kappa shape index (κ2) is 19.9. The zero-order valence-electron chi connectivity index (χ0n) is 21.1. The Morgan fingerprint density at radius 1 is 0.710 bits per heavy atom. The van der Waals surface area contributed by atoms with Crippen molar-refractivity contribution in [1.29, 1.82) is 0 Å². The summed E-state index contributed by atoms with van der Waals surface area (Å²) in [6.45, 7) is 22.9. The van der Waals surface area contributed by atoms with Crippen molar-refractivity contribution in [2.45, 2.75) is 71.0 Å². The molecule has 8 heteroatoms. The van der Waals surface area contributed by atoms with Crippen LogP contribution in [0.15, 0.2) is 0 Å². The third-order valence-corrected chi connectivity index (χ3v) is 8.13. The Hall–Kier alpha value is 0.460. The first kappa shape index (κ1) is 31.5. The first-order chi connectivity index (χ1) is 14.7. The van der Waals surface area contributed by atoms with Crippen LogP contribution in [0.1, 0.15) is 61.3 Å². The highest BCUT2D eigenvalue weighted by Gasteiger charge is 2.29. The Labute approximate surface area is 200 Å². The summed E-state index contributed by atoms with van der Waals surface area (Å²) >= 11 is 0. The monoisotopic (exact) mass is 483 g/mol. The fraction of sp³-hybridized carbons (Fsp3) is 1.00. The normalized spacial score (nSPS) is 14.3. The fourth-order valence-electron chi connectivity index (χ4n) is 2.21. The first-order valence-corrected chi connectivity index (χ1v) is 13.9. The molecule has 0 bridgehead atoms. The predicted octanol–water partition coefficient (Wildman–Crippen LogP) is 5.01. The topological polar surface area (TPSA) is 58.2 Å². The van der Waals surface area contributed by atoms with E-state index in [1.54, 1.807) is 10.8 Å². The molecule has 0 rings (SSSR count). The summed E-state index contributed by atoms with van der Waals surface area (Å²) in [5.74, 6) is 0.676. The van der Waals surface area contributed by atoms with Gasteiger partial charge >= 0.3 is 0 Å². The number of likely N-dealkylation sites (N-methyl/N-ethyl adjacent to an activating group) is 1. The van der Waals surface area contributed by atoms with Gasteiger partial charge in [-0.05, 0) is 25.8 Å². The molecule has 0 radical (unpaired) electrons. The van der Waals surface area contributed by atoms with Gasteiger partial charge in [-0.3, -0.25) is 0 Å². The number of hydrogen-bond acceptors (Lipinski definition) is 8. The van der Waals surface area contributed by atoms with Gasteiger partial charge < -0.3 is 29.0 Å². The number of rotatable bonds is 22. The summed E-state index contributed by atoms with van der Waals surface area (Å²) in [6, 6.07) is 0. The summed E-state index contributed by atoms with van der Waals surface area (Å²) in [5, 5.41) is 3.24. The van der Waals surface area contributed by atoms with Gasteiger partial charge in [-0.2, -0.15) is 0 Å². The van der Waals surface area contributed by atoms with E-state index in [1.165, 1.54) is 0 Å². The van der Waals surface area contributed by atoms with Gasteiger partial charge in [0.2, 0.25) is 0 Å². The van der Waals surface area contributed by atoms with E-state index in [0.29, 0.717) is 52.2 Å². The maximum absolute atomic E-state index is 6.21. The molecule has 1 unspecified atom stereocenters. The Bertz CT molecular complexity index is 397. The summed E-state index contributed by atoms with van der Waals surface area (Å²) in [5.41, 5.74) is 0. The molecule has 0 saturated carbocycles. The van der Waals surface area contributed by atoms with Crippen molar-refractivity contribution < 1.29 is 23.7 Å². The van der Waals surface area contributed by atoms with E-state index in [9.17, 15) is 0 Å². The lowest BCUT2D eigenvalue weighted by atomic mass is 10.1. The first-order valence-electron chi connectivity index (χ1n) is 11.7. The van der Waals surface area contributed by atoms with E-state index in [2.05, 4.69) is 53.8 Å². The van der Waals surface area contributed by atoms with Gasteiger partial charge in [0, 0.05) is 24.3 Å². The van der Waals surface area contributed by atoms with E-state index >= 15 is 0 Å². The lowest BCUT2D eigenvalue weighted by Gasteiger charge is -2.31. The Morgan fingerprint density at radius 2 is 1.26 bits per heavy atom. The van der Waals surface area contributed by atoms with Crippen LogP contribution < -0.4 is 5.32 Å². The molecule has 0 aliphatic heterocycles. The second-order valence-electron chi connectivity index (χ2n) is 9.00. The number of nitrogens with one attached hydrogen (secondary N) is 1. The zero-order chi connectivity index (χ0) is 23.4. The van der Waals surface area contributed by atoms with Crippen molar-refractivity contribution in [2.24, 2.45) is 5.92 Å². The highest BCUT2D eigenvalue weighted by atomic mass is 33.1. The summed E-state index contributed by atoms with van der Waals surface area (Å²) in [7, 11) is 3.62. The largest absolute Gasteiger partial charge is 0.379 e. The lowest BCUT2D eigenvalue weighted by molar-refractivity contribution is -0.0335. The zero-order valence-corrected chi connectivity index (χ0v) is 22.8. The van der Waals surface area contributed by atoms with Crippen LogP contribution in [0.4, 0.5) is 0 Å². The Balaban J connectivity index is 4.01. The molecule has 0 aromatic carbocycles. The standard InChI is InChI=1S/C23H49NO5S2/c1-8-24-11-14-27-17-16-26-13-10-23(7,31-30-22(4,5)6)29-20-19-28-18-15-25-12-9-21(2)3/h21,24H,8-20H2,1-7H3. The fourth-order valence-corrected chi connectivity index (χ4v) is 4.61. The van der Waals surface area contributed by atoms with Crippen molar-refractivity contribution in [2.75, 3.05) is 72.6 Å².